The van der Waals surface area contributed by atoms with Crippen LogP contribution in [-0.4, -0.2) is 43.5 Å². The van der Waals surface area contributed by atoms with Gasteiger partial charge >= 0.3 is 0 Å². The van der Waals surface area contributed by atoms with E-state index in [1.54, 1.807) is 7.11 Å². The molecule has 0 spiro atoms. The Bertz CT molecular complexity index is 522. The van der Waals surface area contributed by atoms with Gasteiger partial charge in [-0.25, -0.2) is 0 Å². The first kappa shape index (κ1) is 16.3. The number of nitrogens with one attached hydrogen (secondary N) is 1. The van der Waals surface area contributed by atoms with E-state index in [4.69, 9.17) is 4.74 Å². The number of methoxy groups -OCH3 is 1. The molecular formula is C17H24N2O3. The van der Waals surface area contributed by atoms with Crippen LogP contribution in [0.1, 0.15) is 25.3 Å². The largest absolute Gasteiger partial charge is 0.497 e. The van der Waals surface area contributed by atoms with Gasteiger partial charge in [0.05, 0.1) is 13.7 Å². The molecule has 0 saturated carbocycles. The summed E-state index contributed by atoms with van der Waals surface area (Å²) < 4.78 is 5.25. The lowest BCUT2D eigenvalue weighted by molar-refractivity contribution is -0.133. The highest BCUT2D eigenvalue weighted by Crippen LogP contribution is 2.23. The van der Waals surface area contributed by atoms with E-state index in [-0.39, 0.29) is 18.4 Å². The van der Waals surface area contributed by atoms with Gasteiger partial charge in [0.2, 0.25) is 11.8 Å². The van der Waals surface area contributed by atoms with Crippen molar-refractivity contribution in [2.45, 2.75) is 26.2 Å². The maximum Gasteiger partial charge on any atom is 0.241 e. The van der Waals surface area contributed by atoms with E-state index in [2.05, 4.69) is 17.4 Å². The minimum absolute atomic E-state index is 0.00929. The van der Waals surface area contributed by atoms with Crippen molar-refractivity contribution in [3.05, 3.63) is 29.8 Å². The Kier molecular flexibility index (Phi) is 5.81. The molecule has 5 nitrogen and oxygen atoms in total. The van der Waals surface area contributed by atoms with Gasteiger partial charge in [0.1, 0.15) is 5.75 Å². The number of benzene rings is 1. The quantitative estimate of drug-likeness (QED) is 0.899. The first-order valence-electron chi connectivity index (χ1n) is 7.73. The minimum atomic E-state index is -0.165. The summed E-state index contributed by atoms with van der Waals surface area (Å²) in [6.07, 6.45) is 3.02. The number of carbonyl (C=O) groups is 2. The zero-order chi connectivity index (χ0) is 15.9. The van der Waals surface area contributed by atoms with Crippen molar-refractivity contribution in [3.63, 3.8) is 0 Å². The number of hydrogen-bond acceptors (Lipinski definition) is 3. The van der Waals surface area contributed by atoms with Gasteiger partial charge in [-0.1, -0.05) is 12.1 Å². The van der Waals surface area contributed by atoms with Crippen molar-refractivity contribution < 1.29 is 14.3 Å². The lowest BCUT2D eigenvalue weighted by Gasteiger charge is -2.32. The molecule has 1 saturated heterocycles. The molecule has 2 amide bonds. The van der Waals surface area contributed by atoms with Crippen LogP contribution in [0.15, 0.2) is 24.3 Å². The number of amides is 2. The minimum Gasteiger partial charge on any atom is -0.497 e. The third-order valence-corrected chi connectivity index (χ3v) is 4.11. The van der Waals surface area contributed by atoms with Crippen LogP contribution in [0, 0.1) is 5.92 Å². The van der Waals surface area contributed by atoms with Gasteiger partial charge in [0, 0.05) is 20.0 Å². The predicted octanol–water partition coefficient (Wildman–Crippen LogP) is 1.61. The van der Waals surface area contributed by atoms with E-state index in [0.717, 1.165) is 38.1 Å². The molecule has 0 aromatic heterocycles. The van der Waals surface area contributed by atoms with Crippen molar-refractivity contribution in [2.75, 3.05) is 26.7 Å². The maximum absolute atomic E-state index is 11.9. The second-order valence-corrected chi connectivity index (χ2v) is 5.79. The van der Waals surface area contributed by atoms with Gasteiger partial charge in [-0.05, 0) is 42.9 Å². The third-order valence-electron chi connectivity index (χ3n) is 4.11. The Morgan fingerprint density at radius 3 is 2.68 bits per heavy atom. The molecule has 1 aromatic rings. The summed E-state index contributed by atoms with van der Waals surface area (Å²) in [6.45, 7) is 3.07. The fourth-order valence-corrected chi connectivity index (χ4v) is 2.83. The van der Waals surface area contributed by atoms with Crippen LogP contribution in [-0.2, 0) is 16.0 Å². The van der Waals surface area contributed by atoms with E-state index in [1.165, 1.54) is 12.5 Å². The van der Waals surface area contributed by atoms with Gasteiger partial charge in [-0.2, -0.15) is 0 Å². The van der Waals surface area contributed by atoms with Gasteiger partial charge in [-0.3, -0.25) is 9.59 Å². The maximum atomic E-state index is 11.9. The van der Waals surface area contributed by atoms with Gasteiger partial charge in [-0.15, -0.1) is 0 Å². The van der Waals surface area contributed by atoms with E-state index in [9.17, 15) is 9.59 Å². The molecule has 120 valence electrons. The normalized spacial score (nSPS) is 15.5. The highest BCUT2D eigenvalue weighted by Gasteiger charge is 2.22. The van der Waals surface area contributed by atoms with E-state index >= 15 is 0 Å². The number of nitrogens with zero attached hydrogens (tertiary/aromatic N) is 1. The molecule has 0 atom stereocenters. The van der Waals surface area contributed by atoms with Crippen LogP contribution in [0.5, 0.6) is 5.75 Å². The van der Waals surface area contributed by atoms with Crippen molar-refractivity contribution in [2.24, 2.45) is 5.92 Å². The van der Waals surface area contributed by atoms with Crippen LogP contribution in [0.3, 0.4) is 0 Å². The molecule has 2 rings (SSSR count). The summed E-state index contributed by atoms with van der Waals surface area (Å²) in [7, 11) is 1.68. The molecular weight excluding hydrogens is 280 g/mol. The fourth-order valence-electron chi connectivity index (χ4n) is 2.83. The number of likely N-dealkylation sites (tertiary alicyclic amines) is 1. The zero-order valence-corrected chi connectivity index (χ0v) is 13.3. The Morgan fingerprint density at radius 1 is 1.32 bits per heavy atom. The van der Waals surface area contributed by atoms with E-state index < -0.39 is 0 Å². The number of ether oxygens (including phenoxy) is 1. The molecule has 1 aromatic carbocycles. The molecule has 1 aliphatic rings. The summed E-state index contributed by atoms with van der Waals surface area (Å²) >= 11 is 0. The molecule has 22 heavy (non-hydrogen) atoms. The summed E-state index contributed by atoms with van der Waals surface area (Å²) in [6, 6.07) is 8.16. The van der Waals surface area contributed by atoms with Crippen LogP contribution in [0.2, 0.25) is 0 Å². The topological polar surface area (TPSA) is 58.6 Å². The number of hydrogen-bond donors (Lipinski definition) is 1. The third kappa shape index (κ3) is 4.76. The summed E-state index contributed by atoms with van der Waals surface area (Å²) in [4.78, 5) is 24.6. The molecule has 0 unspecified atom stereocenters. The molecule has 1 N–H and O–H groups in total. The molecule has 0 radical (unpaired) electrons. The SMILES string of the molecule is COc1cccc(CC2CCN(C(=O)CNC(C)=O)CC2)c1. The Morgan fingerprint density at radius 2 is 2.05 bits per heavy atom. The zero-order valence-electron chi connectivity index (χ0n) is 13.3. The van der Waals surface area contributed by atoms with Gasteiger partial charge in [0.25, 0.3) is 0 Å². The average molecular weight is 304 g/mol. The van der Waals surface area contributed by atoms with Crippen molar-refractivity contribution >= 4 is 11.8 Å². The van der Waals surface area contributed by atoms with Crippen LogP contribution < -0.4 is 10.1 Å². The van der Waals surface area contributed by atoms with Gasteiger partial charge < -0.3 is 15.0 Å². The smallest absolute Gasteiger partial charge is 0.241 e. The summed E-state index contributed by atoms with van der Waals surface area (Å²) in [5.41, 5.74) is 1.28. The highest BCUT2D eigenvalue weighted by molar-refractivity contribution is 5.83. The number of piperidine rings is 1. The first-order valence-corrected chi connectivity index (χ1v) is 7.73. The van der Waals surface area contributed by atoms with Crippen molar-refractivity contribution in [1.29, 1.82) is 0 Å². The van der Waals surface area contributed by atoms with Crippen LogP contribution >= 0.6 is 0 Å². The second-order valence-electron chi connectivity index (χ2n) is 5.79. The summed E-state index contributed by atoms with van der Waals surface area (Å²) in [5, 5.41) is 2.56. The molecule has 0 aliphatic carbocycles. The first-order chi connectivity index (χ1) is 10.6. The van der Waals surface area contributed by atoms with E-state index in [1.807, 2.05) is 17.0 Å². The molecule has 1 heterocycles. The molecule has 1 aliphatic heterocycles. The lowest BCUT2D eigenvalue weighted by Crippen LogP contribution is -2.44. The van der Waals surface area contributed by atoms with Gasteiger partial charge in [0.15, 0.2) is 0 Å². The molecule has 0 bridgehead atoms. The Balaban J connectivity index is 1.79. The average Bonchev–Trinajstić information content (AvgIpc) is 2.53. The highest BCUT2D eigenvalue weighted by atomic mass is 16.5. The van der Waals surface area contributed by atoms with Crippen LogP contribution in [0.4, 0.5) is 0 Å². The van der Waals surface area contributed by atoms with E-state index in [0.29, 0.717) is 5.92 Å². The monoisotopic (exact) mass is 304 g/mol. The molecule has 1 fully saturated rings. The summed E-state index contributed by atoms with van der Waals surface area (Å²) in [5.74, 6) is 1.33. The standard InChI is InChI=1S/C17H24N2O3/c1-13(20)18-12-17(21)19-8-6-14(7-9-19)10-15-4-3-5-16(11-15)22-2/h3-5,11,14H,6-10,12H2,1-2H3,(H,18,20). The predicted molar refractivity (Wildman–Crippen MR) is 84.7 cm³/mol. The lowest BCUT2D eigenvalue weighted by atomic mass is 9.90. The van der Waals surface area contributed by atoms with Crippen LogP contribution in [0.25, 0.3) is 0 Å². The van der Waals surface area contributed by atoms with Crippen molar-refractivity contribution in [3.8, 4) is 5.75 Å². The fraction of sp³-hybridized carbons (Fsp3) is 0.529. The van der Waals surface area contributed by atoms with Crippen molar-refractivity contribution in [1.82, 2.24) is 10.2 Å². The Hall–Kier alpha value is -2.04. The molecule has 5 heteroatoms. The number of carbonyl (C=O) groups excluding carboxylic acids is 2. The second kappa shape index (κ2) is 7.82. The Labute approximate surface area is 131 Å². The number of rotatable bonds is 5.